The molecule has 2 fully saturated rings. The molecule has 0 radical (unpaired) electrons. The normalized spacial score (nSPS) is 17.5. The van der Waals surface area contributed by atoms with Crippen LogP contribution in [0.25, 0.3) is 11.1 Å². The van der Waals surface area contributed by atoms with Gasteiger partial charge in [0.2, 0.25) is 11.8 Å². The first-order valence-electron chi connectivity index (χ1n) is 15.4. The van der Waals surface area contributed by atoms with E-state index < -0.39 is 5.60 Å². The van der Waals surface area contributed by atoms with Gasteiger partial charge in [0, 0.05) is 23.6 Å². The Morgan fingerprint density at radius 2 is 1.52 bits per heavy atom. The number of carbonyl (C=O) groups is 1. The molecule has 44 heavy (non-hydrogen) atoms. The molecule has 1 atom stereocenters. The molecule has 1 amide bonds. The van der Waals surface area contributed by atoms with Crippen LogP contribution in [0.4, 0.5) is 4.79 Å². The lowest BCUT2D eigenvalue weighted by Gasteiger charge is -2.59. The molecule has 6 rings (SSSR count). The Labute approximate surface area is 260 Å². The van der Waals surface area contributed by atoms with Gasteiger partial charge in [0.15, 0.2) is 0 Å². The molecule has 7 heteroatoms. The Kier molecular flexibility index (Phi) is 8.58. The van der Waals surface area contributed by atoms with Gasteiger partial charge >= 0.3 is 6.09 Å². The summed E-state index contributed by atoms with van der Waals surface area (Å²) in [5, 5.41) is 3.49. The summed E-state index contributed by atoms with van der Waals surface area (Å²) >= 11 is 0. The lowest BCUT2D eigenvalue weighted by atomic mass is 9.63. The predicted octanol–water partition coefficient (Wildman–Crippen LogP) is 7.57. The number of amides is 1. The van der Waals surface area contributed by atoms with Gasteiger partial charge in [0.1, 0.15) is 18.8 Å². The van der Waals surface area contributed by atoms with E-state index in [-0.39, 0.29) is 17.6 Å². The number of nitrogens with zero attached hydrogens (tertiary/aromatic N) is 2. The number of benzene rings is 3. The maximum Gasteiger partial charge on any atom is 0.410 e. The van der Waals surface area contributed by atoms with E-state index in [2.05, 4.69) is 29.6 Å². The van der Waals surface area contributed by atoms with Gasteiger partial charge in [0.05, 0.1) is 6.04 Å². The second-order valence-corrected chi connectivity index (χ2v) is 12.8. The van der Waals surface area contributed by atoms with E-state index in [1.54, 1.807) is 0 Å². The molecule has 2 aliphatic heterocycles. The molecule has 1 spiro atoms. The quantitative estimate of drug-likeness (QED) is 0.228. The van der Waals surface area contributed by atoms with Crippen molar-refractivity contribution in [1.29, 1.82) is 0 Å². The highest BCUT2D eigenvalue weighted by molar-refractivity contribution is 5.73. The van der Waals surface area contributed by atoms with Crippen LogP contribution in [-0.4, -0.2) is 41.2 Å². The molecule has 2 saturated heterocycles. The number of hydrogen-bond donors (Lipinski definition) is 1. The molecule has 4 aromatic rings. The van der Waals surface area contributed by atoms with E-state index >= 15 is 0 Å². The number of nitrogens with one attached hydrogen (secondary N) is 1. The second kappa shape index (κ2) is 12.7. The van der Waals surface area contributed by atoms with E-state index in [4.69, 9.17) is 19.2 Å². The third-order valence-electron chi connectivity index (χ3n) is 8.40. The van der Waals surface area contributed by atoms with E-state index in [1.165, 1.54) is 0 Å². The van der Waals surface area contributed by atoms with Crippen molar-refractivity contribution in [3.05, 3.63) is 114 Å². The fraction of sp³-hybridized carbons (Fsp3) is 0.351. The lowest BCUT2D eigenvalue weighted by molar-refractivity contribution is -0.0971. The summed E-state index contributed by atoms with van der Waals surface area (Å²) in [6.45, 7) is 9.15. The van der Waals surface area contributed by atoms with Gasteiger partial charge < -0.3 is 19.5 Å². The Bertz CT molecular complexity index is 1560. The summed E-state index contributed by atoms with van der Waals surface area (Å²) in [7, 11) is 0. The average Bonchev–Trinajstić information content (AvgIpc) is 3.02. The number of rotatable bonds is 8. The van der Waals surface area contributed by atoms with Crippen LogP contribution in [0, 0.1) is 5.41 Å². The van der Waals surface area contributed by atoms with Crippen LogP contribution in [0.15, 0.2) is 97.1 Å². The molecule has 1 aromatic heterocycles. The number of piperidine rings is 1. The van der Waals surface area contributed by atoms with Crippen molar-refractivity contribution >= 4 is 6.09 Å². The first-order valence-corrected chi connectivity index (χ1v) is 15.4. The molecular formula is C37H41N3O4. The van der Waals surface area contributed by atoms with E-state index in [0.29, 0.717) is 31.5 Å². The Balaban J connectivity index is 1.31. The summed E-state index contributed by atoms with van der Waals surface area (Å²) in [6, 6.07) is 32.4. The minimum absolute atomic E-state index is 0.0286. The molecule has 0 bridgehead atoms. The van der Waals surface area contributed by atoms with Gasteiger partial charge in [-0.3, -0.25) is 4.90 Å². The highest BCUT2D eigenvalue weighted by Gasteiger charge is 2.56. The Hall–Kier alpha value is -4.36. The van der Waals surface area contributed by atoms with Crippen molar-refractivity contribution in [1.82, 2.24) is 15.2 Å². The van der Waals surface area contributed by atoms with Gasteiger partial charge in [-0.1, -0.05) is 78.9 Å². The van der Waals surface area contributed by atoms with Gasteiger partial charge in [-0.25, -0.2) is 4.79 Å². The average molecular weight is 592 g/mol. The van der Waals surface area contributed by atoms with Crippen molar-refractivity contribution in [2.75, 3.05) is 19.6 Å². The zero-order valence-corrected chi connectivity index (χ0v) is 25.8. The maximum atomic E-state index is 13.3. The summed E-state index contributed by atoms with van der Waals surface area (Å²) < 4.78 is 18.2. The number of ether oxygens (including phenoxy) is 3. The molecule has 3 heterocycles. The van der Waals surface area contributed by atoms with Crippen LogP contribution in [0.3, 0.4) is 0 Å². The Morgan fingerprint density at radius 1 is 0.864 bits per heavy atom. The number of carbonyl (C=O) groups excluding carboxylic acids is 1. The maximum absolute atomic E-state index is 13.3. The van der Waals surface area contributed by atoms with Crippen molar-refractivity contribution in [2.24, 2.45) is 5.41 Å². The van der Waals surface area contributed by atoms with E-state index in [1.807, 2.05) is 98.5 Å². The molecule has 7 nitrogen and oxygen atoms in total. The van der Waals surface area contributed by atoms with Crippen LogP contribution in [0.2, 0.25) is 0 Å². The van der Waals surface area contributed by atoms with Crippen LogP contribution in [-0.2, 0) is 18.0 Å². The van der Waals surface area contributed by atoms with Gasteiger partial charge in [-0.05, 0) is 81.1 Å². The highest BCUT2D eigenvalue weighted by Crippen LogP contribution is 2.55. The van der Waals surface area contributed by atoms with Crippen LogP contribution in [0.5, 0.6) is 11.8 Å². The lowest BCUT2D eigenvalue weighted by Crippen LogP contribution is -2.63. The molecule has 3 aromatic carbocycles. The standard InChI is InChI=1S/C37H41N3O4/c1-36(2,3)44-35(41)40-26-37(19-21-38-22-20-37)33(40)30-16-10-15-29(23-30)31-17-18-32(42-24-27-11-6-4-7-12-27)39-34(31)43-25-28-13-8-5-9-14-28/h4-18,23,33,38H,19-22,24-26H2,1-3H3. The predicted molar refractivity (Wildman–Crippen MR) is 171 cm³/mol. The zero-order valence-electron chi connectivity index (χ0n) is 25.8. The third kappa shape index (κ3) is 6.73. The number of hydrogen-bond acceptors (Lipinski definition) is 6. The second-order valence-electron chi connectivity index (χ2n) is 12.8. The zero-order chi connectivity index (χ0) is 30.6. The molecule has 0 saturated carbocycles. The number of aromatic nitrogens is 1. The largest absolute Gasteiger partial charge is 0.473 e. The summed E-state index contributed by atoms with van der Waals surface area (Å²) in [5.74, 6) is 1.01. The van der Waals surface area contributed by atoms with Gasteiger partial charge in [-0.2, -0.15) is 4.98 Å². The fourth-order valence-electron chi connectivity index (χ4n) is 6.28. The monoisotopic (exact) mass is 591 g/mol. The molecular weight excluding hydrogens is 550 g/mol. The van der Waals surface area contributed by atoms with Crippen molar-refractivity contribution < 1.29 is 19.0 Å². The van der Waals surface area contributed by atoms with Crippen molar-refractivity contribution in [3.8, 4) is 22.9 Å². The highest BCUT2D eigenvalue weighted by atomic mass is 16.6. The summed E-state index contributed by atoms with van der Waals surface area (Å²) in [5.41, 5.74) is 4.55. The molecule has 0 aliphatic carbocycles. The van der Waals surface area contributed by atoms with E-state index in [9.17, 15) is 4.79 Å². The van der Waals surface area contributed by atoms with Crippen LogP contribution in [0.1, 0.15) is 56.3 Å². The molecule has 1 N–H and O–H groups in total. The Morgan fingerprint density at radius 3 is 2.18 bits per heavy atom. The van der Waals surface area contributed by atoms with Gasteiger partial charge in [-0.15, -0.1) is 0 Å². The van der Waals surface area contributed by atoms with Crippen molar-refractivity contribution in [3.63, 3.8) is 0 Å². The smallest absolute Gasteiger partial charge is 0.410 e. The minimum atomic E-state index is -0.554. The fourth-order valence-corrected chi connectivity index (χ4v) is 6.28. The third-order valence-corrected chi connectivity index (χ3v) is 8.40. The molecule has 2 aliphatic rings. The van der Waals surface area contributed by atoms with Gasteiger partial charge in [0.25, 0.3) is 0 Å². The van der Waals surface area contributed by atoms with Crippen LogP contribution >= 0.6 is 0 Å². The summed E-state index contributed by atoms with van der Waals surface area (Å²) in [6.07, 6.45) is 1.77. The summed E-state index contributed by atoms with van der Waals surface area (Å²) in [4.78, 5) is 20.0. The van der Waals surface area contributed by atoms with E-state index in [0.717, 1.165) is 53.7 Å². The first kappa shape index (κ1) is 29.7. The number of likely N-dealkylation sites (tertiary alicyclic amines) is 1. The van der Waals surface area contributed by atoms with Crippen LogP contribution < -0.4 is 14.8 Å². The SMILES string of the molecule is CC(C)(C)OC(=O)N1CC2(CCNCC2)C1c1cccc(-c2ccc(OCc3ccccc3)nc2OCc2ccccc2)c1. The first-order chi connectivity index (χ1) is 21.3. The number of pyridine rings is 1. The van der Waals surface area contributed by atoms with Crippen molar-refractivity contribution in [2.45, 2.75) is 58.5 Å². The topological polar surface area (TPSA) is 72.9 Å². The minimum Gasteiger partial charge on any atom is -0.473 e. The molecule has 228 valence electrons. The molecule has 1 unspecified atom stereocenters.